The van der Waals surface area contributed by atoms with Crippen LogP contribution in [-0.2, 0) is 16.2 Å². The molecule has 10 rings (SSSR count). The second-order valence-electron chi connectivity index (χ2n) is 19.4. The molecule has 9 aromatic rings. The molecule has 0 atom stereocenters. The predicted octanol–water partition coefficient (Wildman–Crippen LogP) is 17.1. The van der Waals surface area contributed by atoms with Gasteiger partial charge in [-0.1, -0.05) is 224 Å². The van der Waals surface area contributed by atoms with Gasteiger partial charge in [-0.15, -0.1) is 0 Å². The Morgan fingerprint density at radius 2 is 0.688 bits per heavy atom. The molecule has 0 spiro atoms. The van der Waals surface area contributed by atoms with E-state index in [1.807, 2.05) is 0 Å². The topological polar surface area (TPSA) is 3.24 Å². The minimum atomic E-state index is -0.515. The Hall–Kier alpha value is -7.22. The zero-order valence-electron chi connectivity index (χ0n) is 37.8. The van der Waals surface area contributed by atoms with E-state index < -0.39 is 5.41 Å². The lowest BCUT2D eigenvalue weighted by Crippen LogP contribution is -2.29. The van der Waals surface area contributed by atoms with E-state index in [-0.39, 0.29) is 10.8 Å². The molecule has 0 aromatic heterocycles. The maximum atomic E-state index is 2.53. The first-order valence-corrected chi connectivity index (χ1v) is 22.7. The number of nitrogens with zero attached hydrogens (tertiary/aromatic N) is 1. The number of rotatable bonds is 8. The highest BCUT2D eigenvalue weighted by molar-refractivity contribution is 5.96. The van der Waals surface area contributed by atoms with Crippen molar-refractivity contribution < 1.29 is 0 Å². The van der Waals surface area contributed by atoms with Crippen molar-refractivity contribution in [2.75, 3.05) is 4.90 Å². The van der Waals surface area contributed by atoms with Crippen LogP contribution >= 0.6 is 0 Å². The maximum absolute atomic E-state index is 2.53. The van der Waals surface area contributed by atoms with Crippen molar-refractivity contribution >= 4 is 17.1 Å². The standard InChI is InChI=1S/C63H55N/c1-61(2,3)51-33-40-56-58(42-51)63(49-23-15-9-16-24-49,50-25-17-10-18-26-50)59-43-52(62(4,5)6)41-57(60(56)59)48-31-38-55(39-32-48)64(53-34-27-46(28-35-53)44-19-11-7-12-20-44)54-36-29-47(30-37-54)45-21-13-8-14-22-45/h7-43H,1-6H3. The Kier molecular flexibility index (Phi) is 10.3. The van der Waals surface area contributed by atoms with Gasteiger partial charge in [0, 0.05) is 17.1 Å². The molecule has 0 heterocycles. The Morgan fingerprint density at radius 1 is 0.312 bits per heavy atom. The summed E-state index contributed by atoms with van der Waals surface area (Å²) in [6.07, 6.45) is 0. The molecule has 0 N–H and O–H groups in total. The minimum Gasteiger partial charge on any atom is -0.311 e. The summed E-state index contributed by atoms with van der Waals surface area (Å²) in [6, 6.07) is 83.2. The molecular formula is C63H55N. The number of hydrogen-bond donors (Lipinski definition) is 0. The molecule has 1 heteroatoms. The monoisotopic (exact) mass is 825 g/mol. The highest BCUT2D eigenvalue weighted by Crippen LogP contribution is 2.60. The van der Waals surface area contributed by atoms with Crippen LogP contribution < -0.4 is 4.90 Å². The van der Waals surface area contributed by atoms with Crippen LogP contribution in [0.15, 0.2) is 224 Å². The van der Waals surface area contributed by atoms with Gasteiger partial charge in [0.15, 0.2) is 0 Å². The van der Waals surface area contributed by atoms with Gasteiger partial charge in [-0.2, -0.15) is 0 Å². The van der Waals surface area contributed by atoms with Crippen LogP contribution in [0.5, 0.6) is 0 Å². The van der Waals surface area contributed by atoms with E-state index in [1.165, 1.54) is 77.9 Å². The second-order valence-corrected chi connectivity index (χ2v) is 19.4. The molecule has 1 nitrogen and oxygen atoms in total. The van der Waals surface area contributed by atoms with Gasteiger partial charge in [0.25, 0.3) is 0 Å². The lowest BCUT2D eigenvalue weighted by Gasteiger charge is -2.35. The summed E-state index contributed by atoms with van der Waals surface area (Å²) in [5.74, 6) is 0. The highest BCUT2D eigenvalue weighted by atomic mass is 15.1. The minimum absolute atomic E-state index is 0.0201. The van der Waals surface area contributed by atoms with Crippen molar-refractivity contribution in [3.8, 4) is 44.5 Å². The lowest BCUT2D eigenvalue weighted by molar-refractivity contribution is 0.586. The van der Waals surface area contributed by atoms with E-state index in [2.05, 4.69) is 271 Å². The molecule has 0 unspecified atom stereocenters. The third kappa shape index (κ3) is 7.25. The molecule has 0 saturated carbocycles. The fraction of sp³-hybridized carbons (Fsp3) is 0.143. The van der Waals surface area contributed by atoms with Crippen molar-refractivity contribution in [1.82, 2.24) is 0 Å². The van der Waals surface area contributed by atoms with Crippen LogP contribution in [0.3, 0.4) is 0 Å². The summed E-state index contributed by atoms with van der Waals surface area (Å²) in [5, 5.41) is 0. The normalized spacial score (nSPS) is 13.0. The van der Waals surface area contributed by atoms with Crippen LogP contribution in [0.1, 0.15) is 74.9 Å². The number of benzene rings is 9. The van der Waals surface area contributed by atoms with Crippen molar-refractivity contribution in [3.63, 3.8) is 0 Å². The van der Waals surface area contributed by atoms with Crippen molar-refractivity contribution in [2.24, 2.45) is 0 Å². The van der Waals surface area contributed by atoms with E-state index in [4.69, 9.17) is 0 Å². The highest BCUT2D eigenvalue weighted by Gasteiger charge is 2.48. The van der Waals surface area contributed by atoms with Crippen LogP contribution in [0, 0.1) is 0 Å². The number of anilines is 3. The van der Waals surface area contributed by atoms with Gasteiger partial charge in [-0.25, -0.2) is 0 Å². The molecule has 0 aliphatic heterocycles. The molecule has 1 aliphatic rings. The van der Waals surface area contributed by atoms with Gasteiger partial charge in [0.05, 0.1) is 5.41 Å². The zero-order chi connectivity index (χ0) is 44.1. The first-order valence-electron chi connectivity index (χ1n) is 22.7. The van der Waals surface area contributed by atoms with Crippen LogP contribution in [-0.4, -0.2) is 0 Å². The zero-order valence-corrected chi connectivity index (χ0v) is 37.8. The maximum Gasteiger partial charge on any atom is 0.0713 e. The molecule has 64 heavy (non-hydrogen) atoms. The van der Waals surface area contributed by atoms with Gasteiger partial charge in [0.1, 0.15) is 0 Å². The van der Waals surface area contributed by atoms with E-state index in [1.54, 1.807) is 0 Å². The van der Waals surface area contributed by atoms with E-state index in [0.717, 1.165) is 17.1 Å². The van der Waals surface area contributed by atoms with Gasteiger partial charge in [0.2, 0.25) is 0 Å². The molecule has 312 valence electrons. The van der Waals surface area contributed by atoms with E-state index in [0.29, 0.717) is 0 Å². The average molecular weight is 826 g/mol. The summed E-state index contributed by atoms with van der Waals surface area (Å²) in [6.45, 7) is 14.0. The Labute approximate surface area is 380 Å². The first-order chi connectivity index (χ1) is 31.0. The van der Waals surface area contributed by atoms with Crippen molar-refractivity contribution in [3.05, 3.63) is 258 Å². The number of hydrogen-bond acceptors (Lipinski definition) is 1. The van der Waals surface area contributed by atoms with E-state index in [9.17, 15) is 0 Å². The fourth-order valence-corrected chi connectivity index (χ4v) is 9.84. The molecule has 0 amide bonds. The Bertz CT molecular complexity index is 2920. The van der Waals surface area contributed by atoms with E-state index >= 15 is 0 Å². The Balaban J connectivity index is 1.17. The molecular weight excluding hydrogens is 771 g/mol. The molecule has 0 radical (unpaired) electrons. The average Bonchev–Trinajstić information content (AvgIpc) is 3.63. The number of fused-ring (bicyclic) bond motifs is 3. The summed E-state index contributed by atoms with van der Waals surface area (Å²) >= 11 is 0. The summed E-state index contributed by atoms with van der Waals surface area (Å²) in [5.41, 5.74) is 20.5. The van der Waals surface area contributed by atoms with Gasteiger partial charge < -0.3 is 4.90 Å². The lowest BCUT2D eigenvalue weighted by atomic mass is 9.66. The molecule has 9 aromatic carbocycles. The third-order valence-electron chi connectivity index (χ3n) is 13.3. The second kappa shape index (κ2) is 16.2. The van der Waals surface area contributed by atoms with Gasteiger partial charge in [-0.3, -0.25) is 0 Å². The molecule has 1 aliphatic carbocycles. The largest absolute Gasteiger partial charge is 0.311 e. The first kappa shape index (κ1) is 40.8. The summed E-state index contributed by atoms with van der Waals surface area (Å²) in [7, 11) is 0. The Morgan fingerprint density at radius 3 is 1.11 bits per heavy atom. The summed E-state index contributed by atoms with van der Waals surface area (Å²) < 4.78 is 0. The summed E-state index contributed by atoms with van der Waals surface area (Å²) in [4.78, 5) is 2.38. The van der Waals surface area contributed by atoms with Crippen LogP contribution in [0.4, 0.5) is 17.1 Å². The van der Waals surface area contributed by atoms with Gasteiger partial charge in [-0.05, 0) is 131 Å². The quantitative estimate of drug-likeness (QED) is 0.148. The van der Waals surface area contributed by atoms with Crippen LogP contribution in [0.25, 0.3) is 44.5 Å². The molecule has 0 saturated heterocycles. The molecule has 0 fully saturated rings. The third-order valence-corrected chi connectivity index (χ3v) is 13.3. The fourth-order valence-electron chi connectivity index (χ4n) is 9.84. The van der Waals surface area contributed by atoms with Crippen molar-refractivity contribution in [2.45, 2.75) is 57.8 Å². The van der Waals surface area contributed by atoms with Crippen molar-refractivity contribution in [1.29, 1.82) is 0 Å². The smallest absolute Gasteiger partial charge is 0.0713 e. The predicted molar refractivity (Wildman–Crippen MR) is 272 cm³/mol. The van der Waals surface area contributed by atoms with Gasteiger partial charge >= 0.3 is 0 Å². The van der Waals surface area contributed by atoms with Crippen LogP contribution in [0.2, 0.25) is 0 Å². The SMILES string of the molecule is CC(C)(C)c1ccc2c(c1)C(c1ccccc1)(c1ccccc1)c1cc(C(C)(C)C)cc(-c3ccc(N(c4ccc(-c5ccccc5)cc4)c4ccc(-c5ccccc5)cc4)cc3)c1-2. The molecule has 0 bridgehead atoms.